The summed E-state index contributed by atoms with van der Waals surface area (Å²) >= 11 is 6.01. The van der Waals surface area contributed by atoms with E-state index in [1.54, 1.807) is 47.2 Å². The zero-order chi connectivity index (χ0) is 17.1. The summed E-state index contributed by atoms with van der Waals surface area (Å²) in [5, 5.41) is 3.59. The van der Waals surface area contributed by atoms with Gasteiger partial charge in [-0.15, -0.1) is 6.58 Å². The van der Waals surface area contributed by atoms with Crippen LogP contribution in [0.3, 0.4) is 0 Å². The van der Waals surface area contributed by atoms with E-state index in [1.165, 1.54) is 0 Å². The molecule has 1 aromatic heterocycles. The van der Waals surface area contributed by atoms with Gasteiger partial charge >= 0.3 is 0 Å². The molecule has 5 heteroatoms. The highest BCUT2D eigenvalue weighted by atomic mass is 35.5. The van der Waals surface area contributed by atoms with Crippen molar-refractivity contribution in [2.45, 2.75) is 6.54 Å². The lowest BCUT2D eigenvalue weighted by Crippen LogP contribution is -2.23. The summed E-state index contributed by atoms with van der Waals surface area (Å²) in [6, 6.07) is 14.1. The molecular weight excluding hydrogens is 324 g/mol. The van der Waals surface area contributed by atoms with Crippen LogP contribution in [0, 0.1) is 0 Å². The number of hydrogen-bond donors (Lipinski definition) is 1. The Kier molecular flexibility index (Phi) is 4.49. The summed E-state index contributed by atoms with van der Waals surface area (Å²) < 4.78 is 1.81. The van der Waals surface area contributed by atoms with Crippen molar-refractivity contribution in [2.75, 3.05) is 5.32 Å². The molecule has 0 saturated heterocycles. The van der Waals surface area contributed by atoms with Gasteiger partial charge in [0.25, 0.3) is 5.91 Å². The quantitative estimate of drug-likeness (QED) is 0.728. The molecule has 3 rings (SSSR count). The number of allylic oxidation sites excluding steroid dienone is 1. The van der Waals surface area contributed by atoms with Crippen molar-refractivity contribution in [3.05, 3.63) is 88.2 Å². The number of carbonyl (C=O) groups is 1. The number of aromatic nitrogens is 1. The number of amides is 1. The van der Waals surface area contributed by atoms with Crippen LogP contribution in [0.4, 0.5) is 5.69 Å². The van der Waals surface area contributed by atoms with Crippen LogP contribution in [0.5, 0.6) is 0 Å². The van der Waals surface area contributed by atoms with E-state index in [4.69, 9.17) is 11.6 Å². The number of benzene rings is 2. The van der Waals surface area contributed by atoms with E-state index in [0.717, 1.165) is 0 Å². The predicted octanol–water partition coefficient (Wildman–Crippen LogP) is 4.09. The molecule has 0 spiro atoms. The molecule has 0 saturated carbocycles. The Hall–Kier alpha value is -2.85. The first-order valence-electron chi connectivity index (χ1n) is 7.40. The summed E-state index contributed by atoms with van der Waals surface area (Å²) in [6.07, 6.45) is 3.26. The van der Waals surface area contributed by atoms with Crippen molar-refractivity contribution >= 4 is 34.1 Å². The minimum absolute atomic E-state index is 0.0652. The number of para-hydroxylation sites is 1. The normalized spacial score (nSPS) is 10.5. The zero-order valence-corrected chi connectivity index (χ0v) is 13.6. The fourth-order valence-corrected chi connectivity index (χ4v) is 2.71. The highest BCUT2D eigenvalue weighted by Crippen LogP contribution is 2.18. The Morgan fingerprint density at radius 1 is 1.21 bits per heavy atom. The van der Waals surface area contributed by atoms with Crippen LogP contribution in [0.15, 0.2) is 72.2 Å². The lowest BCUT2D eigenvalue weighted by Gasteiger charge is -2.12. The number of carbonyl (C=O) groups excluding carboxylic acids is 1. The van der Waals surface area contributed by atoms with Crippen molar-refractivity contribution in [2.24, 2.45) is 0 Å². The van der Waals surface area contributed by atoms with E-state index in [0.29, 0.717) is 28.2 Å². The van der Waals surface area contributed by atoms with Crippen molar-refractivity contribution < 1.29 is 4.79 Å². The number of anilines is 1. The van der Waals surface area contributed by atoms with E-state index in [-0.39, 0.29) is 11.0 Å². The van der Waals surface area contributed by atoms with Gasteiger partial charge in [-0.25, -0.2) is 0 Å². The maximum Gasteiger partial charge on any atom is 0.261 e. The van der Waals surface area contributed by atoms with E-state index in [9.17, 15) is 9.59 Å². The van der Waals surface area contributed by atoms with Gasteiger partial charge in [-0.05, 0) is 30.3 Å². The van der Waals surface area contributed by atoms with Crippen molar-refractivity contribution in [1.29, 1.82) is 0 Å². The molecular formula is C19H15ClN2O2. The second-order valence-electron chi connectivity index (χ2n) is 5.29. The molecule has 4 nitrogen and oxygen atoms in total. The lowest BCUT2D eigenvalue weighted by molar-refractivity contribution is 0.102. The van der Waals surface area contributed by atoms with Crippen LogP contribution in [-0.2, 0) is 6.54 Å². The van der Waals surface area contributed by atoms with Crippen LogP contribution in [-0.4, -0.2) is 10.5 Å². The van der Waals surface area contributed by atoms with Crippen LogP contribution in [0.2, 0.25) is 5.02 Å². The Morgan fingerprint density at radius 3 is 2.67 bits per heavy atom. The third-order valence-corrected chi connectivity index (χ3v) is 3.88. The molecule has 0 fully saturated rings. The summed E-state index contributed by atoms with van der Waals surface area (Å²) in [5.74, 6) is -0.453. The van der Waals surface area contributed by atoms with Crippen molar-refractivity contribution in [3.63, 3.8) is 0 Å². The molecule has 120 valence electrons. The molecule has 0 bridgehead atoms. The van der Waals surface area contributed by atoms with E-state index in [1.807, 2.05) is 18.2 Å². The van der Waals surface area contributed by atoms with E-state index >= 15 is 0 Å². The summed E-state index contributed by atoms with van der Waals surface area (Å²) in [5.41, 5.74) is 1.06. The number of hydrogen-bond acceptors (Lipinski definition) is 2. The number of nitrogens with one attached hydrogen (secondary N) is 1. The largest absolute Gasteiger partial charge is 0.343 e. The molecule has 1 heterocycles. The Labute approximate surface area is 144 Å². The highest BCUT2D eigenvalue weighted by Gasteiger charge is 2.15. The first-order chi connectivity index (χ1) is 11.6. The van der Waals surface area contributed by atoms with Gasteiger partial charge in [-0.2, -0.15) is 0 Å². The molecule has 0 aliphatic rings. The predicted molar refractivity (Wildman–Crippen MR) is 97.8 cm³/mol. The second-order valence-corrected chi connectivity index (χ2v) is 5.73. The Bertz CT molecular complexity index is 978. The average Bonchev–Trinajstić information content (AvgIpc) is 2.58. The minimum atomic E-state index is -0.453. The van der Waals surface area contributed by atoms with Gasteiger partial charge < -0.3 is 9.88 Å². The number of nitrogens with zero attached hydrogens (tertiary/aromatic N) is 1. The van der Waals surface area contributed by atoms with E-state index in [2.05, 4.69) is 11.9 Å². The van der Waals surface area contributed by atoms with Gasteiger partial charge in [0.1, 0.15) is 5.56 Å². The highest BCUT2D eigenvalue weighted by molar-refractivity contribution is 6.31. The Morgan fingerprint density at radius 2 is 1.96 bits per heavy atom. The first kappa shape index (κ1) is 16.0. The number of halogens is 1. The molecule has 1 amide bonds. The van der Waals surface area contributed by atoms with Crippen LogP contribution >= 0.6 is 11.6 Å². The summed E-state index contributed by atoms with van der Waals surface area (Å²) in [6.45, 7) is 4.20. The van der Waals surface area contributed by atoms with Crippen molar-refractivity contribution in [1.82, 2.24) is 4.57 Å². The number of pyridine rings is 1. The third-order valence-electron chi connectivity index (χ3n) is 3.64. The van der Waals surface area contributed by atoms with Gasteiger partial charge in [-0.1, -0.05) is 35.9 Å². The first-order valence-corrected chi connectivity index (χ1v) is 7.78. The van der Waals surface area contributed by atoms with Gasteiger partial charge in [0.2, 0.25) is 5.43 Å². The zero-order valence-electron chi connectivity index (χ0n) is 12.8. The maximum atomic E-state index is 12.7. The van der Waals surface area contributed by atoms with Crippen molar-refractivity contribution in [3.8, 4) is 0 Å². The molecule has 0 aliphatic carbocycles. The minimum Gasteiger partial charge on any atom is -0.343 e. The summed E-state index contributed by atoms with van der Waals surface area (Å²) in [4.78, 5) is 25.2. The molecule has 1 N–H and O–H groups in total. The fourth-order valence-electron chi connectivity index (χ4n) is 2.54. The summed E-state index contributed by atoms with van der Waals surface area (Å²) in [7, 11) is 0. The van der Waals surface area contributed by atoms with Crippen LogP contribution in [0.1, 0.15) is 10.4 Å². The molecule has 3 aromatic rings. The van der Waals surface area contributed by atoms with E-state index < -0.39 is 5.91 Å². The molecule has 0 aliphatic heterocycles. The monoisotopic (exact) mass is 338 g/mol. The Balaban J connectivity index is 2.13. The second kappa shape index (κ2) is 6.72. The van der Waals surface area contributed by atoms with Crippen LogP contribution in [0.25, 0.3) is 10.9 Å². The molecule has 24 heavy (non-hydrogen) atoms. The van der Waals surface area contributed by atoms with Gasteiger partial charge in [0, 0.05) is 28.8 Å². The standard InChI is InChI=1S/C19H15ClN2O2/c1-2-10-22-12-16(19(24)21-14-6-4-3-5-7-14)18(23)15-11-13(20)8-9-17(15)22/h2-9,11-12H,1,10H2,(H,21,24). The lowest BCUT2D eigenvalue weighted by atomic mass is 10.1. The molecule has 0 radical (unpaired) electrons. The third kappa shape index (κ3) is 3.09. The number of rotatable bonds is 4. The number of fused-ring (bicyclic) bond motifs is 1. The van der Waals surface area contributed by atoms with Gasteiger partial charge in [0.15, 0.2) is 0 Å². The SMILES string of the molecule is C=CCn1cc(C(=O)Nc2ccccc2)c(=O)c2cc(Cl)ccc21. The smallest absolute Gasteiger partial charge is 0.261 e. The van der Waals surface area contributed by atoms with Gasteiger partial charge in [0.05, 0.1) is 5.52 Å². The van der Waals surface area contributed by atoms with Crippen LogP contribution < -0.4 is 10.7 Å². The molecule has 2 aromatic carbocycles. The average molecular weight is 339 g/mol. The topological polar surface area (TPSA) is 51.1 Å². The van der Waals surface area contributed by atoms with Gasteiger partial charge in [-0.3, -0.25) is 9.59 Å². The molecule has 0 unspecified atom stereocenters. The fraction of sp³-hybridized carbons (Fsp3) is 0.0526. The molecule has 0 atom stereocenters. The maximum absolute atomic E-state index is 12.7.